The molecule has 0 N–H and O–H groups in total. The van der Waals surface area contributed by atoms with Crippen LogP contribution in [0.1, 0.15) is 0 Å². The Balaban J connectivity index is 1.44. The molecule has 0 atom stereocenters. The summed E-state index contributed by atoms with van der Waals surface area (Å²) in [5.41, 5.74) is 3.90. The molecule has 138 valence electrons. The van der Waals surface area contributed by atoms with Crippen molar-refractivity contribution in [2.24, 2.45) is 0 Å². The largest absolute Gasteiger partial charge is 0.457 e. The topological polar surface area (TPSA) is 35.0 Å². The van der Waals surface area contributed by atoms with Crippen molar-refractivity contribution in [3.8, 4) is 34.0 Å². The molecule has 3 aromatic carbocycles. The van der Waals surface area contributed by atoms with Gasteiger partial charge in [-0.15, -0.1) is 0 Å². The maximum absolute atomic E-state index is 6.13. The molecule has 3 heteroatoms. The van der Waals surface area contributed by atoms with Crippen molar-refractivity contribution in [3.63, 3.8) is 0 Å². The average Bonchev–Trinajstić information content (AvgIpc) is 2.80. The van der Waals surface area contributed by atoms with E-state index < -0.39 is 0 Å². The lowest BCUT2D eigenvalue weighted by Gasteiger charge is -2.09. The molecule has 0 aliphatic heterocycles. The van der Waals surface area contributed by atoms with E-state index in [4.69, 9.17) is 4.74 Å². The zero-order valence-corrected chi connectivity index (χ0v) is 15.7. The zero-order chi connectivity index (χ0) is 19.5. The standard InChI is InChI=1S/C26H18N2O/c1-2-8-22-18-28-26(17-19(22)7-1)21-10-6-12-24(16-21)29-23-11-5-9-20(15-23)25-13-3-4-14-27-25/h1-18H. The van der Waals surface area contributed by atoms with Crippen molar-refractivity contribution >= 4 is 10.8 Å². The number of fused-ring (bicyclic) bond motifs is 1. The summed E-state index contributed by atoms with van der Waals surface area (Å²) in [5.74, 6) is 1.55. The summed E-state index contributed by atoms with van der Waals surface area (Å²) < 4.78 is 6.13. The van der Waals surface area contributed by atoms with E-state index in [1.54, 1.807) is 6.20 Å². The maximum Gasteiger partial charge on any atom is 0.128 e. The van der Waals surface area contributed by atoms with Crippen LogP contribution in [-0.4, -0.2) is 9.97 Å². The molecule has 0 radical (unpaired) electrons. The first-order valence-electron chi connectivity index (χ1n) is 9.50. The van der Waals surface area contributed by atoms with Crippen LogP contribution in [0.15, 0.2) is 109 Å². The molecule has 29 heavy (non-hydrogen) atoms. The summed E-state index contributed by atoms with van der Waals surface area (Å²) in [5, 5.41) is 2.31. The Morgan fingerprint density at radius 2 is 1.21 bits per heavy atom. The van der Waals surface area contributed by atoms with Gasteiger partial charge in [-0.25, -0.2) is 0 Å². The molecule has 5 aromatic rings. The molecule has 2 aromatic heterocycles. The minimum Gasteiger partial charge on any atom is -0.457 e. The van der Waals surface area contributed by atoms with Crippen molar-refractivity contribution in [2.45, 2.75) is 0 Å². The van der Waals surface area contributed by atoms with E-state index in [-0.39, 0.29) is 0 Å². The number of hydrogen-bond acceptors (Lipinski definition) is 3. The van der Waals surface area contributed by atoms with E-state index in [9.17, 15) is 0 Å². The van der Waals surface area contributed by atoms with E-state index in [0.29, 0.717) is 0 Å². The first-order chi connectivity index (χ1) is 14.3. The lowest BCUT2D eigenvalue weighted by molar-refractivity contribution is 0.483. The number of aromatic nitrogens is 2. The molecule has 2 heterocycles. The normalized spacial score (nSPS) is 10.8. The molecule has 0 saturated carbocycles. The van der Waals surface area contributed by atoms with Gasteiger partial charge in [0.05, 0.1) is 11.4 Å². The second kappa shape index (κ2) is 7.56. The Morgan fingerprint density at radius 1 is 0.517 bits per heavy atom. The zero-order valence-electron chi connectivity index (χ0n) is 15.7. The summed E-state index contributed by atoms with van der Waals surface area (Å²) in [4.78, 5) is 9.03. The fraction of sp³-hybridized carbons (Fsp3) is 0. The second-order valence-electron chi connectivity index (χ2n) is 6.79. The predicted octanol–water partition coefficient (Wildman–Crippen LogP) is 6.76. The lowest BCUT2D eigenvalue weighted by Crippen LogP contribution is -1.88. The Kier molecular flexibility index (Phi) is 4.47. The van der Waals surface area contributed by atoms with Gasteiger partial charge in [0.15, 0.2) is 0 Å². The SMILES string of the molecule is c1ccc(-c2cccc(Oc3cccc(-c4cc5ccccc5cn4)c3)c2)nc1. The summed E-state index contributed by atoms with van der Waals surface area (Å²) in [6.45, 7) is 0. The average molecular weight is 374 g/mol. The van der Waals surface area contributed by atoms with Crippen molar-refractivity contribution in [1.82, 2.24) is 9.97 Å². The van der Waals surface area contributed by atoms with E-state index in [1.165, 1.54) is 5.39 Å². The van der Waals surface area contributed by atoms with Crippen LogP contribution in [0.25, 0.3) is 33.3 Å². The van der Waals surface area contributed by atoms with Crippen molar-refractivity contribution in [1.29, 1.82) is 0 Å². The Labute approximate surface area is 169 Å². The molecule has 0 amide bonds. The van der Waals surface area contributed by atoms with Gasteiger partial charge in [-0.3, -0.25) is 9.97 Å². The third-order valence-corrected chi connectivity index (χ3v) is 4.79. The molecule has 0 aliphatic carbocycles. The van der Waals surface area contributed by atoms with Gasteiger partial charge in [0.25, 0.3) is 0 Å². The summed E-state index contributed by atoms with van der Waals surface area (Å²) >= 11 is 0. The summed E-state index contributed by atoms with van der Waals surface area (Å²) in [6.07, 6.45) is 3.71. The highest BCUT2D eigenvalue weighted by molar-refractivity contribution is 5.85. The molecule has 0 bridgehead atoms. The molecule has 0 aliphatic rings. The lowest BCUT2D eigenvalue weighted by atomic mass is 10.1. The Morgan fingerprint density at radius 3 is 1.93 bits per heavy atom. The molecular weight excluding hydrogens is 356 g/mol. The van der Waals surface area contributed by atoms with Crippen LogP contribution in [0.3, 0.4) is 0 Å². The minimum atomic E-state index is 0.774. The second-order valence-corrected chi connectivity index (χ2v) is 6.79. The number of benzene rings is 3. The number of rotatable bonds is 4. The van der Waals surface area contributed by atoms with E-state index >= 15 is 0 Å². The fourth-order valence-electron chi connectivity index (χ4n) is 3.35. The number of ether oxygens (including phenoxy) is 1. The number of hydrogen-bond donors (Lipinski definition) is 0. The van der Waals surface area contributed by atoms with E-state index in [1.807, 2.05) is 85.1 Å². The summed E-state index contributed by atoms with van der Waals surface area (Å²) in [7, 11) is 0. The highest BCUT2D eigenvalue weighted by Crippen LogP contribution is 2.30. The Bertz CT molecular complexity index is 1280. The van der Waals surface area contributed by atoms with Crippen molar-refractivity contribution < 1.29 is 4.74 Å². The van der Waals surface area contributed by atoms with Crippen LogP contribution in [-0.2, 0) is 0 Å². The third-order valence-electron chi connectivity index (χ3n) is 4.79. The minimum absolute atomic E-state index is 0.774. The van der Waals surface area contributed by atoms with Gasteiger partial charge in [0, 0.05) is 28.9 Å². The quantitative estimate of drug-likeness (QED) is 0.349. The van der Waals surface area contributed by atoms with Gasteiger partial charge in [-0.2, -0.15) is 0 Å². The highest BCUT2D eigenvalue weighted by Gasteiger charge is 2.06. The molecule has 5 rings (SSSR count). The van der Waals surface area contributed by atoms with Gasteiger partial charge >= 0.3 is 0 Å². The van der Waals surface area contributed by atoms with Crippen LogP contribution in [0.4, 0.5) is 0 Å². The van der Waals surface area contributed by atoms with Crippen LogP contribution < -0.4 is 4.74 Å². The highest BCUT2D eigenvalue weighted by atomic mass is 16.5. The van der Waals surface area contributed by atoms with Gasteiger partial charge in [-0.1, -0.05) is 54.6 Å². The molecule has 0 spiro atoms. The Hall–Kier alpha value is -3.98. The molecular formula is C26H18N2O. The smallest absolute Gasteiger partial charge is 0.128 e. The third kappa shape index (κ3) is 3.71. The molecule has 0 saturated heterocycles. The number of pyridine rings is 2. The first kappa shape index (κ1) is 17.1. The first-order valence-corrected chi connectivity index (χ1v) is 9.50. The molecule has 3 nitrogen and oxygen atoms in total. The maximum atomic E-state index is 6.13. The fourth-order valence-corrected chi connectivity index (χ4v) is 3.35. The van der Waals surface area contributed by atoms with Crippen LogP contribution in [0, 0.1) is 0 Å². The number of nitrogens with zero attached hydrogens (tertiary/aromatic N) is 2. The van der Waals surface area contributed by atoms with Gasteiger partial charge in [0.1, 0.15) is 11.5 Å². The monoisotopic (exact) mass is 374 g/mol. The summed E-state index contributed by atoms with van der Waals surface area (Å²) in [6, 6.07) is 32.2. The molecule has 0 fully saturated rings. The van der Waals surface area contributed by atoms with Crippen molar-refractivity contribution in [3.05, 3.63) is 109 Å². The van der Waals surface area contributed by atoms with Gasteiger partial charge in [0.2, 0.25) is 0 Å². The van der Waals surface area contributed by atoms with Gasteiger partial charge < -0.3 is 4.74 Å². The van der Waals surface area contributed by atoms with Crippen LogP contribution in [0.5, 0.6) is 11.5 Å². The van der Waals surface area contributed by atoms with Crippen LogP contribution >= 0.6 is 0 Å². The van der Waals surface area contributed by atoms with Crippen LogP contribution in [0.2, 0.25) is 0 Å². The molecule has 0 unspecified atom stereocenters. The predicted molar refractivity (Wildman–Crippen MR) is 117 cm³/mol. The van der Waals surface area contributed by atoms with Gasteiger partial charge in [-0.05, 0) is 47.9 Å². The van der Waals surface area contributed by atoms with Crippen molar-refractivity contribution in [2.75, 3.05) is 0 Å². The van der Waals surface area contributed by atoms with E-state index in [0.717, 1.165) is 39.4 Å². The van der Waals surface area contributed by atoms with E-state index in [2.05, 4.69) is 28.2 Å².